The molecule has 7 aromatic rings. The van der Waals surface area contributed by atoms with E-state index < -0.39 is 13.3 Å². The predicted octanol–water partition coefficient (Wildman–Crippen LogP) is 9.82. The topological polar surface area (TPSA) is 38.9 Å². The van der Waals surface area contributed by atoms with Crippen molar-refractivity contribution in [1.29, 1.82) is 0 Å². The number of hydrogen-bond donors (Lipinski definition) is 0. The fourth-order valence-electron chi connectivity index (χ4n) is 5.24. The van der Waals surface area contributed by atoms with Gasteiger partial charge in [0.05, 0.1) is 5.58 Å². The normalized spacial score (nSPS) is 11.1. The van der Waals surface area contributed by atoms with Crippen LogP contribution in [0.25, 0.3) is 55.6 Å². The molecule has 0 aliphatic carbocycles. The quantitative estimate of drug-likeness (QED) is 0.131. The minimum Gasteiger partial charge on any atom is -0.501 e. The summed E-state index contributed by atoms with van der Waals surface area (Å²) in [5, 5.41) is 2.23. The van der Waals surface area contributed by atoms with E-state index in [1.165, 1.54) is 26.6 Å². The molecule has 0 amide bonds. The summed E-state index contributed by atoms with van der Waals surface area (Å²) in [6.07, 6.45) is 3.88. The Morgan fingerprint density at radius 1 is 0.705 bits per heavy atom. The Bertz CT molecular complexity index is 2030. The molecule has 1 radical (unpaired) electrons. The van der Waals surface area contributed by atoms with Crippen molar-refractivity contribution in [2.75, 3.05) is 0 Å². The van der Waals surface area contributed by atoms with Crippen molar-refractivity contribution in [3.63, 3.8) is 0 Å². The fourth-order valence-corrected chi connectivity index (χ4v) is 7.41. The number of furan rings is 1. The van der Waals surface area contributed by atoms with Crippen LogP contribution in [0.1, 0.15) is 11.1 Å². The van der Waals surface area contributed by atoms with Crippen LogP contribution in [0.3, 0.4) is 0 Å². The van der Waals surface area contributed by atoms with Gasteiger partial charge in [0.2, 0.25) is 0 Å². The number of fused-ring (bicyclic) bond motifs is 3. The van der Waals surface area contributed by atoms with E-state index in [0.717, 1.165) is 44.5 Å². The van der Waals surface area contributed by atoms with Gasteiger partial charge in [-0.05, 0) is 35.9 Å². The molecule has 7 rings (SSSR count). The third-order valence-corrected chi connectivity index (χ3v) is 11.8. The van der Waals surface area contributed by atoms with Gasteiger partial charge in [0, 0.05) is 31.7 Å². The molecule has 44 heavy (non-hydrogen) atoms. The summed E-state index contributed by atoms with van der Waals surface area (Å²) in [5.41, 5.74) is 10.4. The van der Waals surface area contributed by atoms with Gasteiger partial charge in [0.15, 0.2) is 0 Å². The van der Waals surface area contributed by atoms with Crippen LogP contribution in [0.5, 0.6) is 0 Å². The number of rotatable bonds is 4. The van der Waals surface area contributed by atoms with Crippen molar-refractivity contribution >= 4 is 39.6 Å². The molecule has 0 bridgehead atoms. The molecule has 0 fully saturated rings. The average Bonchev–Trinajstić information content (AvgIpc) is 3.41. The Balaban J connectivity index is 0.000000187. The Hall–Kier alpha value is -3.83. The maximum Gasteiger partial charge on any atom is 0.121 e. The predicted molar refractivity (Wildman–Crippen MR) is 182 cm³/mol. The molecule has 4 aromatic carbocycles. The summed E-state index contributed by atoms with van der Waals surface area (Å²) in [6.45, 7) is 4.16. The third kappa shape index (κ3) is 6.78. The number of aromatic nitrogens is 2. The molecular weight excluding hydrogens is 777 g/mol. The van der Waals surface area contributed by atoms with Crippen molar-refractivity contribution in [3.05, 3.63) is 139 Å². The van der Waals surface area contributed by atoms with Crippen LogP contribution in [0.15, 0.2) is 120 Å². The molecule has 0 aliphatic rings. The Labute approximate surface area is 276 Å². The van der Waals surface area contributed by atoms with E-state index in [4.69, 9.17) is 4.42 Å². The molecule has 0 unspecified atom stereocenters. The first-order chi connectivity index (χ1) is 20.8. The number of nitrogens with zero attached hydrogens (tertiary/aromatic N) is 2. The summed E-state index contributed by atoms with van der Waals surface area (Å²) >= 11 is -1.73. The summed E-state index contributed by atoms with van der Waals surface area (Å²) in [5.74, 6) is 7.15. The van der Waals surface area contributed by atoms with E-state index >= 15 is 0 Å². The summed E-state index contributed by atoms with van der Waals surface area (Å²) in [7, 11) is 0. The van der Waals surface area contributed by atoms with Gasteiger partial charge in [0.1, 0.15) is 5.58 Å². The number of benzene rings is 4. The Morgan fingerprint density at radius 2 is 1.48 bits per heavy atom. The van der Waals surface area contributed by atoms with Crippen molar-refractivity contribution in [1.82, 2.24) is 9.97 Å². The molecule has 3 heterocycles. The zero-order valence-corrected chi connectivity index (χ0v) is 30.1. The second-order valence-electron chi connectivity index (χ2n) is 11.9. The third-order valence-electron chi connectivity index (χ3n) is 7.58. The molecule has 0 atom stereocenters. The van der Waals surface area contributed by atoms with Crippen LogP contribution in [-0.4, -0.2) is 23.2 Å². The van der Waals surface area contributed by atoms with E-state index in [1.807, 2.05) is 48.8 Å². The maximum atomic E-state index is 6.27. The SMILES string of the molecule is Cc1cc[c-]c(-c2cc[c]([Ge]([CH3])([CH3])[CH3])cn2)c1.Cc1ccnc(-c2[c-]ccc3c2oc2cccc(-c4ccccc4)c23)c1.[Ir]. The second-order valence-corrected chi connectivity index (χ2v) is 22.6. The summed E-state index contributed by atoms with van der Waals surface area (Å²) < 4.78 is 7.71. The smallest absolute Gasteiger partial charge is 0.121 e. The van der Waals surface area contributed by atoms with Crippen molar-refractivity contribution in [3.8, 4) is 33.6 Å². The van der Waals surface area contributed by atoms with Crippen molar-refractivity contribution < 1.29 is 24.5 Å². The Kier molecular flexibility index (Phi) is 9.65. The van der Waals surface area contributed by atoms with E-state index in [-0.39, 0.29) is 20.1 Å². The number of hydrogen-bond acceptors (Lipinski definition) is 3. The van der Waals surface area contributed by atoms with Gasteiger partial charge < -0.3 is 9.40 Å². The van der Waals surface area contributed by atoms with E-state index in [2.05, 4.69) is 120 Å². The summed E-state index contributed by atoms with van der Waals surface area (Å²) in [4.78, 5) is 9.09. The van der Waals surface area contributed by atoms with Gasteiger partial charge in [-0.2, -0.15) is 0 Å². The van der Waals surface area contributed by atoms with E-state index in [9.17, 15) is 0 Å². The largest absolute Gasteiger partial charge is 0.501 e. The van der Waals surface area contributed by atoms with Crippen LogP contribution in [0, 0.1) is 26.0 Å². The van der Waals surface area contributed by atoms with Crippen LogP contribution >= 0.6 is 0 Å². The molecule has 0 aliphatic heterocycles. The van der Waals surface area contributed by atoms with Crippen molar-refractivity contribution in [2.24, 2.45) is 0 Å². The molecule has 0 saturated heterocycles. The molecule has 5 heteroatoms. The molecular formula is C39H34GeIrN2O-2. The number of aryl methyl sites for hydroxylation is 2. The molecule has 0 spiro atoms. The monoisotopic (exact) mass is 813 g/mol. The van der Waals surface area contributed by atoms with Gasteiger partial charge in [-0.1, -0.05) is 65.0 Å². The van der Waals surface area contributed by atoms with E-state index in [0.29, 0.717) is 0 Å². The Morgan fingerprint density at radius 3 is 2.18 bits per heavy atom. The molecule has 0 N–H and O–H groups in total. The second kappa shape index (κ2) is 13.4. The van der Waals surface area contributed by atoms with Crippen LogP contribution in [0.2, 0.25) is 17.3 Å². The van der Waals surface area contributed by atoms with Gasteiger partial charge in [-0.25, -0.2) is 0 Å². The molecule has 221 valence electrons. The van der Waals surface area contributed by atoms with Crippen LogP contribution < -0.4 is 4.40 Å². The van der Waals surface area contributed by atoms with Crippen LogP contribution in [-0.2, 0) is 20.1 Å². The van der Waals surface area contributed by atoms with Gasteiger partial charge in [0.25, 0.3) is 0 Å². The fraction of sp³-hybridized carbons (Fsp3) is 0.128. The van der Waals surface area contributed by atoms with E-state index in [1.54, 1.807) is 0 Å². The first-order valence-electron chi connectivity index (χ1n) is 14.6. The summed E-state index contributed by atoms with van der Waals surface area (Å²) in [6, 6.07) is 41.8. The molecule has 0 saturated carbocycles. The average molecular weight is 812 g/mol. The van der Waals surface area contributed by atoms with Gasteiger partial charge in [-0.15, -0.1) is 18.2 Å². The molecule has 3 aromatic heterocycles. The van der Waals surface area contributed by atoms with Gasteiger partial charge >= 0.3 is 106 Å². The first kappa shape index (κ1) is 31.6. The minimum absolute atomic E-state index is 0. The van der Waals surface area contributed by atoms with Gasteiger partial charge in [-0.3, -0.25) is 0 Å². The minimum atomic E-state index is -1.73. The zero-order chi connectivity index (χ0) is 30.0. The first-order valence-corrected chi connectivity index (χ1v) is 21.9. The standard InChI is InChI=1S/C24H16NO.C15H18GeN.Ir/c1-16-13-14-25-21(15-16)19-10-5-11-20-23-18(17-7-3-2-4-8-17)9-6-12-22(23)26-24(19)20;1-12-6-5-7-13(10-12)15-9-8-14(11-17-15)16(2,3)4;/h2-9,11-15H,1H3;5-6,8-11H,1-4H3;/q2*-1;. The zero-order valence-electron chi connectivity index (χ0n) is 25.6. The van der Waals surface area contributed by atoms with Crippen LogP contribution in [0.4, 0.5) is 0 Å². The van der Waals surface area contributed by atoms with Crippen molar-refractivity contribution in [2.45, 2.75) is 31.1 Å². The molecule has 3 nitrogen and oxygen atoms in total. The number of pyridine rings is 2. The maximum absolute atomic E-state index is 6.27.